The fraction of sp³-hybridized carbons (Fsp3) is 0.730. The van der Waals surface area contributed by atoms with Crippen molar-refractivity contribution in [2.75, 3.05) is 7.05 Å². The number of carbonyl (C=O) groups excluding carboxylic acids is 10. The Kier molecular flexibility index (Phi) is 24.5. The van der Waals surface area contributed by atoms with E-state index < -0.39 is 41.9 Å². The Hall–Kier alpha value is -4.14. The van der Waals surface area contributed by atoms with E-state index in [4.69, 9.17) is 0 Å². The van der Waals surface area contributed by atoms with Gasteiger partial charge in [-0.2, -0.15) is 0 Å². The van der Waals surface area contributed by atoms with Crippen molar-refractivity contribution in [2.24, 2.45) is 0 Å². The molecule has 0 aromatic carbocycles. The molecule has 0 aromatic rings. The maximum atomic E-state index is 13.3. The number of nitrogens with one attached hydrogen (secondary N) is 5. The Morgan fingerprint density at radius 3 is 0.750 bits per heavy atom. The number of hydrogen-bond donors (Lipinski definition) is 5. The first-order chi connectivity index (χ1) is 24.3. The van der Waals surface area contributed by atoms with E-state index in [1.807, 2.05) is 0 Å². The van der Waals surface area contributed by atoms with E-state index >= 15 is 0 Å². The predicted octanol–water partition coefficient (Wildman–Crippen LogP) is 1.90. The molecule has 0 aliphatic rings. The average Bonchev–Trinajstić information content (AvgIpc) is 3.01. The molecule has 15 nitrogen and oxygen atoms in total. The monoisotopic (exact) mass is 735 g/mol. The van der Waals surface area contributed by atoms with Crippen LogP contribution in [0.1, 0.15) is 138 Å². The Morgan fingerprint density at radius 2 is 0.538 bits per heavy atom. The molecule has 0 fully saturated rings. The molecule has 0 bridgehead atoms. The van der Waals surface area contributed by atoms with Gasteiger partial charge in [0.1, 0.15) is 34.7 Å². The molecule has 0 heterocycles. The maximum Gasteiger partial charge on any atom is 0.222 e. The maximum absolute atomic E-state index is 13.3. The number of Topliss-reactive ketones (excluding diaryl/α,β-unsaturated/α-hetero) is 6. The molecule has 0 saturated heterocycles. The van der Waals surface area contributed by atoms with Crippen LogP contribution in [0.4, 0.5) is 0 Å². The highest BCUT2D eigenvalue weighted by Crippen LogP contribution is 2.12. The summed E-state index contributed by atoms with van der Waals surface area (Å²) in [5.41, 5.74) is 0. The Labute approximate surface area is 307 Å². The first-order valence-corrected chi connectivity index (χ1v) is 18.1. The van der Waals surface area contributed by atoms with Crippen LogP contribution >= 0.6 is 0 Å². The fourth-order valence-corrected chi connectivity index (χ4v) is 5.53. The van der Waals surface area contributed by atoms with Gasteiger partial charge in [-0.25, -0.2) is 0 Å². The third-order valence-corrected chi connectivity index (χ3v) is 8.35. The molecule has 15 heteroatoms. The molecule has 0 rings (SSSR count). The quantitative estimate of drug-likeness (QED) is 0.0715. The third kappa shape index (κ3) is 26.6. The van der Waals surface area contributed by atoms with Crippen LogP contribution in [0.25, 0.3) is 0 Å². The summed E-state index contributed by atoms with van der Waals surface area (Å²) in [7, 11) is 1.68. The molecule has 5 unspecified atom stereocenters. The van der Waals surface area contributed by atoms with Crippen molar-refractivity contribution < 1.29 is 47.9 Å². The smallest absolute Gasteiger partial charge is 0.222 e. The highest BCUT2D eigenvalue weighted by Gasteiger charge is 2.25. The second-order valence-corrected chi connectivity index (χ2v) is 14.0. The molecule has 294 valence electrons. The van der Waals surface area contributed by atoms with E-state index in [0.29, 0.717) is 12.8 Å². The van der Waals surface area contributed by atoms with E-state index in [1.54, 1.807) is 7.05 Å². The zero-order valence-electron chi connectivity index (χ0n) is 32.1. The lowest BCUT2D eigenvalue weighted by Gasteiger charge is -2.24. The number of ketones is 6. The summed E-state index contributed by atoms with van der Waals surface area (Å²) in [6, 6.07) is -3.06. The molecule has 0 aromatic heterocycles. The van der Waals surface area contributed by atoms with Gasteiger partial charge in [0.25, 0.3) is 0 Å². The van der Waals surface area contributed by atoms with Crippen molar-refractivity contribution in [2.45, 2.75) is 168 Å². The highest BCUT2D eigenvalue weighted by atomic mass is 16.2. The summed E-state index contributed by atoms with van der Waals surface area (Å²) >= 11 is 0. The molecule has 0 spiro atoms. The van der Waals surface area contributed by atoms with E-state index in [-0.39, 0.29) is 130 Å². The van der Waals surface area contributed by atoms with Gasteiger partial charge in [-0.3, -0.25) is 24.0 Å². The lowest BCUT2D eigenvalue weighted by Crippen LogP contribution is -2.46. The SMILES string of the molecule is CNC(CCC(C)=O)CC(=O)NC(CCC(C)=O)CC(=O)NC(CCC(C)=O)CC(=O)NC(CCC(C)=O)CC(=O)NC(CCC(C)=O)CC(C)=O. The second-order valence-electron chi connectivity index (χ2n) is 14.0. The van der Waals surface area contributed by atoms with E-state index in [0.717, 1.165) is 0 Å². The molecule has 5 N–H and O–H groups in total. The molecule has 5 atom stereocenters. The first-order valence-electron chi connectivity index (χ1n) is 18.1. The minimum atomic E-state index is -0.783. The van der Waals surface area contributed by atoms with E-state index in [9.17, 15) is 47.9 Å². The van der Waals surface area contributed by atoms with Gasteiger partial charge in [-0.05, 0) is 80.7 Å². The predicted molar refractivity (Wildman–Crippen MR) is 194 cm³/mol. The van der Waals surface area contributed by atoms with Crippen LogP contribution < -0.4 is 26.6 Å². The van der Waals surface area contributed by atoms with Gasteiger partial charge in [0.05, 0.1) is 0 Å². The summed E-state index contributed by atoms with van der Waals surface area (Å²) < 4.78 is 0. The van der Waals surface area contributed by atoms with Gasteiger partial charge in [-0.15, -0.1) is 0 Å². The molecular weight excluding hydrogens is 674 g/mol. The second kappa shape index (κ2) is 26.6. The lowest BCUT2D eigenvalue weighted by molar-refractivity contribution is -0.127. The zero-order chi connectivity index (χ0) is 39.8. The molecule has 0 aliphatic carbocycles. The van der Waals surface area contributed by atoms with Gasteiger partial charge < -0.3 is 50.6 Å². The molecular formula is C37H61N5O10. The molecule has 4 amide bonds. The lowest BCUT2D eigenvalue weighted by atomic mass is 10.0. The van der Waals surface area contributed by atoms with Crippen LogP contribution in [-0.2, 0) is 47.9 Å². The Balaban J connectivity index is 5.71. The normalized spacial score (nSPS) is 13.8. The van der Waals surface area contributed by atoms with Crippen molar-refractivity contribution in [3.63, 3.8) is 0 Å². The summed E-state index contributed by atoms with van der Waals surface area (Å²) in [5, 5.41) is 14.1. The van der Waals surface area contributed by atoms with Gasteiger partial charge in [-0.1, -0.05) is 0 Å². The van der Waals surface area contributed by atoms with Crippen LogP contribution in [0, 0.1) is 0 Å². The third-order valence-electron chi connectivity index (χ3n) is 8.35. The Bertz CT molecular complexity index is 1270. The number of hydrogen-bond acceptors (Lipinski definition) is 11. The number of carbonyl (C=O) groups is 10. The largest absolute Gasteiger partial charge is 0.353 e. The highest BCUT2D eigenvalue weighted by molar-refractivity contribution is 5.84. The average molecular weight is 736 g/mol. The minimum Gasteiger partial charge on any atom is -0.353 e. The number of rotatable bonds is 30. The molecule has 0 saturated carbocycles. The molecule has 0 aliphatic heterocycles. The van der Waals surface area contributed by atoms with Crippen LogP contribution in [0.15, 0.2) is 0 Å². The van der Waals surface area contributed by atoms with Crippen LogP contribution in [0.2, 0.25) is 0 Å². The van der Waals surface area contributed by atoms with E-state index in [1.165, 1.54) is 41.5 Å². The van der Waals surface area contributed by atoms with Crippen LogP contribution in [0.3, 0.4) is 0 Å². The van der Waals surface area contributed by atoms with Crippen LogP contribution in [-0.4, -0.2) is 95.6 Å². The molecule has 52 heavy (non-hydrogen) atoms. The summed E-state index contributed by atoms with van der Waals surface area (Å²) in [6.07, 6.45) is 1.46. The molecule has 0 radical (unpaired) electrons. The van der Waals surface area contributed by atoms with Crippen molar-refractivity contribution in [3.8, 4) is 0 Å². The summed E-state index contributed by atoms with van der Waals surface area (Å²) in [6.45, 7) is 8.44. The summed E-state index contributed by atoms with van der Waals surface area (Å²) in [4.78, 5) is 122. The van der Waals surface area contributed by atoms with Crippen molar-refractivity contribution in [3.05, 3.63) is 0 Å². The zero-order valence-corrected chi connectivity index (χ0v) is 32.1. The minimum absolute atomic E-state index is 0.00138. The van der Waals surface area contributed by atoms with E-state index in [2.05, 4.69) is 26.6 Å². The Morgan fingerprint density at radius 1 is 0.327 bits per heavy atom. The topological polar surface area (TPSA) is 231 Å². The van der Waals surface area contributed by atoms with Gasteiger partial charge >= 0.3 is 0 Å². The van der Waals surface area contributed by atoms with Gasteiger partial charge in [0.15, 0.2) is 0 Å². The van der Waals surface area contributed by atoms with Crippen molar-refractivity contribution in [1.29, 1.82) is 0 Å². The summed E-state index contributed by atoms with van der Waals surface area (Å²) in [5.74, 6) is -2.54. The van der Waals surface area contributed by atoms with Crippen LogP contribution in [0.5, 0.6) is 0 Å². The number of amides is 4. The standard InChI is InChI=1S/C37H61N5O10/c1-23(43)8-13-29(38-7)19-34(49)40-31(15-10-25(3)45)21-36(51)42-33(17-12-27(5)47)22-37(52)41-32(16-11-26(4)46)20-35(50)39-30(18-28(6)48)14-9-24(2)44/h29-33,38H,8-22H2,1-7H3,(H,39,50)(H,40,49)(H,41,52)(H,42,51). The van der Waals surface area contributed by atoms with Crippen molar-refractivity contribution in [1.82, 2.24) is 26.6 Å². The fourth-order valence-electron chi connectivity index (χ4n) is 5.53. The first kappa shape index (κ1) is 47.9. The van der Waals surface area contributed by atoms with Gasteiger partial charge in [0.2, 0.25) is 23.6 Å². The van der Waals surface area contributed by atoms with Gasteiger partial charge in [0, 0.05) is 94.4 Å². The van der Waals surface area contributed by atoms with Crippen molar-refractivity contribution >= 4 is 58.3 Å².